The van der Waals surface area contributed by atoms with Gasteiger partial charge in [-0.2, -0.15) is 15.0 Å². The molecule has 3 rings (SSSR count). The van der Waals surface area contributed by atoms with E-state index in [0.29, 0.717) is 37.1 Å². The lowest BCUT2D eigenvalue weighted by Crippen LogP contribution is -2.40. The molecule has 6 heteroatoms. The van der Waals surface area contributed by atoms with Gasteiger partial charge in [0, 0.05) is 32.7 Å². The predicted molar refractivity (Wildman–Crippen MR) is 127 cm³/mol. The average molecular weight is 418 g/mol. The van der Waals surface area contributed by atoms with E-state index in [-0.39, 0.29) is 5.92 Å². The van der Waals surface area contributed by atoms with Crippen molar-refractivity contribution in [2.75, 3.05) is 30.4 Å². The first kappa shape index (κ1) is 22.5. The van der Waals surface area contributed by atoms with Gasteiger partial charge < -0.3 is 14.9 Å². The van der Waals surface area contributed by atoms with E-state index >= 15 is 0 Å². The largest absolute Gasteiger partial charge is 0.388 e. The Labute approximate surface area is 185 Å². The summed E-state index contributed by atoms with van der Waals surface area (Å²) in [6.45, 7) is 4.34. The van der Waals surface area contributed by atoms with Gasteiger partial charge in [-0.1, -0.05) is 67.7 Å². The van der Waals surface area contributed by atoms with Crippen LogP contribution in [0.25, 0.3) is 0 Å². The summed E-state index contributed by atoms with van der Waals surface area (Å²) in [5, 5.41) is 10.7. The molecule has 2 aromatic rings. The van der Waals surface area contributed by atoms with E-state index in [4.69, 9.17) is 15.0 Å². The molecule has 162 valence electrons. The molecule has 1 aromatic carbocycles. The topological polar surface area (TPSA) is 65.4 Å². The number of allylic oxidation sites excluding steroid dienone is 4. The quantitative estimate of drug-likeness (QED) is 0.649. The highest BCUT2D eigenvalue weighted by Gasteiger charge is 2.24. The minimum absolute atomic E-state index is 0.223. The van der Waals surface area contributed by atoms with Crippen LogP contribution in [0.1, 0.15) is 44.9 Å². The number of benzene rings is 1. The smallest absolute Gasteiger partial charge is 0.234 e. The van der Waals surface area contributed by atoms with Crippen LogP contribution in [0.2, 0.25) is 0 Å². The second kappa shape index (κ2) is 10.2. The van der Waals surface area contributed by atoms with E-state index in [0.717, 1.165) is 12.1 Å². The summed E-state index contributed by atoms with van der Waals surface area (Å²) in [4.78, 5) is 18.0. The van der Waals surface area contributed by atoms with Crippen molar-refractivity contribution < 1.29 is 5.11 Å². The molecule has 0 radical (unpaired) electrons. The maximum Gasteiger partial charge on any atom is 0.234 e. The molecule has 1 heterocycles. The number of para-hydroxylation sites is 1. The molecule has 0 aliphatic heterocycles. The van der Waals surface area contributed by atoms with Gasteiger partial charge in [0.05, 0.1) is 11.5 Å². The van der Waals surface area contributed by atoms with Crippen LogP contribution in [0.4, 0.5) is 17.6 Å². The highest BCUT2D eigenvalue weighted by Crippen LogP contribution is 2.25. The third-order valence-corrected chi connectivity index (χ3v) is 5.09. The van der Waals surface area contributed by atoms with Crippen molar-refractivity contribution in [3.63, 3.8) is 0 Å². The number of aromatic nitrogens is 3. The fourth-order valence-corrected chi connectivity index (χ4v) is 3.54. The molecule has 0 spiro atoms. The van der Waals surface area contributed by atoms with Gasteiger partial charge in [-0.15, -0.1) is 0 Å². The third kappa shape index (κ3) is 6.16. The van der Waals surface area contributed by atoms with E-state index < -0.39 is 5.60 Å². The molecule has 0 saturated heterocycles. The molecule has 0 amide bonds. The van der Waals surface area contributed by atoms with E-state index in [1.807, 2.05) is 85.5 Å². The number of hydrogen-bond donors (Lipinski definition) is 1. The van der Waals surface area contributed by atoms with Gasteiger partial charge >= 0.3 is 0 Å². The van der Waals surface area contributed by atoms with E-state index in [1.165, 1.54) is 0 Å². The van der Waals surface area contributed by atoms with Gasteiger partial charge in [0.1, 0.15) is 0 Å². The Balaban J connectivity index is 2.02. The monoisotopic (exact) mass is 417 g/mol. The first-order chi connectivity index (χ1) is 14.9. The standard InChI is InChI=1S/C25H31N5O/c1-5-18-25(2,31)19-29(3)23-26-22(20-14-10-7-6-8-11-15-20)27-24(28-23)30(4)21-16-12-9-13-17-21/h6-7,9-10,12-14,16-17,20,31H,5,8,18-19H2,1-4H3/b7-6-,14-10-. The Morgan fingerprint density at radius 3 is 2.58 bits per heavy atom. The number of aliphatic hydroxyl groups is 1. The van der Waals surface area contributed by atoms with Gasteiger partial charge in [-0.05, 0) is 25.5 Å². The van der Waals surface area contributed by atoms with E-state index in [1.54, 1.807) is 0 Å². The molecule has 0 bridgehead atoms. The Morgan fingerprint density at radius 1 is 1.10 bits per heavy atom. The summed E-state index contributed by atoms with van der Waals surface area (Å²) < 4.78 is 0. The second-order valence-electron chi connectivity index (χ2n) is 8.11. The van der Waals surface area contributed by atoms with Crippen molar-refractivity contribution in [2.24, 2.45) is 0 Å². The number of anilines is 3. The molecule has 0 fully saturated rings. The molecular formula is C25H31N5O. The van der Waals surface area contributed by atoms with Gasteiger partial charge in [-0.25, -0.2) is 0 Å². The number of likely N-dealkylation sites (N-methyl/N-ethyl adjacent to an activating group) is 1. The normalized spacial score (nSPS) is 19.2. The molecule has 31 heavy (non-hydrogen) atoms. The number of nitrogens with zero attached hydrogens (tertiary/aromatic N) is 5. The Kier molecular flexibility index (Phi) is 7.43. The number of rotatable bonds is 8. The third-order valence-electron chi connectivity index (χ3n) is 5.09. The minimum atomic E-state index is -0.827. The maximum absolute atomic E-state index is 10.7. The lowest BCUT2D eigenvalue weighted by atomic mass is 10.0. The predicted octanol–water partition coefficient (Wildman–Crippen LogP) is 4.23. The Morgan fingerprint density at radius 2 is 1.84 bits per heavy atom. The fourth-order valence-electron chi connectivity index (χ4n) is 3.54. The molecule has 1 aliphatic carbocycles. The van der Waals surface area contributed by atoms with Crippen LogP contribution in [0.5, 0.6) is 0 Å². The van der Waals surface area contributed by atoms with Crippen LogP contribution in [0.15, 0.2) is 54.6 Å². The molecular weight excluding hydrogens is 386 g/mol. The first-order valence-electron chi connectivity index (χ1n) is 10.7. The summed E-state index contributed by atoms with van der Waals surface area (Å²) in [5.74, 6) is 7.86. The summed E-state index contributed by atoms with van der Waals surface area (Å²) in [6, 6.07) is 9.97. The van der Waals surface area contributed by atoms with E-state index in [9.17, 15) is 5.11 Å². The second-order valence-corrected chi connectivity index (χ2v) is 8.11. The average Bonchev–Trinajstić information content (AvgIpc) is 2.73. The van der Waals surface area contributed by atoms with Crippen LogP contribution in [-0.4, -0.2) is 46.3 Å². The summed E-state index contributed by atoms with van der Waals surface area (Å²) >= 11 is 0. The van der Waals surface area contributed by atoms with Crippen molar-refractivity contribution in [3.8, 4) is 11.8 Å². The highest BCUT2D eigenvalue weighted by molar-refractivity contribution is 5.57. The van der Waals surface area contributed by atoms with Gasteiger partial charge in [-0.3, -0.25) is 0 Å². The summed E-state index contributed by atoms with van der Waals surface area (Å²) in [7, 11) is 3.84. The Hall–Kier alpha value is -3.17. The zero-order chi connectivity index (χ0) is 22.3. The zero-order valence-corrected chi connectivity index (χ0v) is 18.8. The molecule has 6 nitrogen and oxygen atoms in total. The SMILES string of the molecule is CCCC(C)(O)CN(C)c1nc(C2C#CC/C=C\C=C/2)nc(N(C)c2ccccc2)n1. The first-order valence-corrected chi connectivity index (χ1v) is 10.7. The summed E-state index contributed by atoms with van der Waals surface area (Å²) in [5.41, 5.74) is 0.153. The molecule has 1 aromatic heterocycles. The van der Waals surface area contributed by atoms with Crippen molar-refractivity contribution in [2.45, 2.75) is 44.6 Å². The van der Waals surface area contributed by atoms with Crippen LogP contribution < -0.4 is 9.80 Å². The van der Waals surface area contributed by atoms with Crippen molar-refractivity contribution in [1.82, 2.24) is 15.0 Å². The maximum atomic E-state index is 10.7. The highest BCUT2D eigenvalue weighted by atomic mass is 16.3. The number of hydrogen-bond acceptors (Lipinski definition) is 6. The van der Waals surface area contributed by atoms with Gasteiger partial charge in [0.2, 0.25) is 11.9 Å². The fraction of sp³-hybridized carbons (Fsp3) is 0.400. The van der Waals surface area contributed by atoms with Crippen molar-refractivity contribution in [3.05, 3.63) is 60.5 Å². The van der Waals surface area contributed by atoms with Gasteiger partial charge in [0.25, 0.3) is 0 Å². The lowest BCUT2D eigenvalue weighted by molar-refractivity contribution is 0.0579. The van der Waals surface area contributed by atoms with Crippen LogP contribution >= 0.6 is 0 Å². The Bertz CT molecular complexity index is 988. The van der Waals surface area contributed by atoms with Crippen molar-refractivity contribution >= 4 is 17.6 Å². The molecule has 0 saturated carbocycles. The van der Waals surface area contributed by atoms with Gasteiger partial charge in [0.15, 0.2) is 5.82 Å². The lowest BCUT2D eigenvalue weighted by Gasteiger charge is -2.29. The van der Waals surface area contributed by atoms with Crippen LogP contribution in [0.3, 0.4) is 0 Å². The molecule has 2 atom stereocenters. The molecule has 1 N–H and O–H groups in total. The van der Waals surface area contributed by atoms with E-state index in [2.05, 4.69) is 18.8 Å². The minimum Gasteiger partial charge on any atom is -0.388 e. The van der Waals surface area contributed by atoms with Crippen LogP contribution in [-0.2, 0) is 0 Å². The van der Waals surface area contributed by atoms with Crippen LogP contribution in [0, 0.1) is 11.8 Å². The van der Waals surface area contributed by atoms with Crippen molar-refractivity contribution in [1.29, 1.82) is 0 Å². The summed E-state index contributed by atoms with van der Waals surface area (Å²) in [6.07, 6.45) is 10.3. The zero-order valence-electron chi connectivity index (χ0n) is 18.8. The molecule has 1 aliphatic rings. The molecule has 2 unspecified atom stereocenters.